The first-order chi connectivity index (χ1) is 10.6. The molecule has 0 bridgehead atoms. The van der Waals surface area contributed by atoms with Crippen molar-refractivity contribution < 1.29 is 14.3 Å². The van der Waals surface area contributed by atoms with Crippen molar-refractivity contribution in [3.63, 3.8) is 0 Å². The van der Waals surface area contributed by atoms with Crippen LogP contribution in [0.5, 0.6) is 5.75 Å². The lowest BCUT2D eigenvalue weighted by atomic mass is 10.1. The summed E-state index contributed by atoms with van der Waals surface area (Å²) >= 11 is 0. The Morgan fingerprint density at radius 2 is 1.68 bits per heavy atom. The first-order valence-corrected chi connectivity index (χ1v) is 6.97. The van der Waals surface area contributed by atoms with Crippen LogP contribution in [0.3, 0.4) is 0 Å². The minimum atomic E-state index is -0.423. The van der Waals surface area contributed by atoms with Gasteiger partial charge in [-0.2, -0.15) is 5.26 Å². The second-order valence-electron chi connectivity index (χ2n) is 5.00. The Morgan fingerprint density at radius 3 is 2.27 bits per heavy atom. The zero-order valence-corrected chi connectivity index (χ0v) is 12.6. The van der Waals surface area contributed by atoms with Gasteiger partial charge in [-0.15, -0.1) is 0 Å². The van der Waals surface area contributed by atoms with E-state index in [-0.39, 0.29) is 6.61 Å². The normalized spacial score (nSPS) is 9.86. The molecular formula is C18H17NO3. The predicted octanol–water partition coefficient (Wildman–Crippen LogP) is 3.41. The van der Waals surface area contributed by atoms with E-state index in [1.54, 1.807) is 24.3 Å². The van der Waals surface area contributed by atoms with E-state index in [4.69, 9.17) is 14.7 Å². The third kappa shape index (κ3) is 4.35. The monoisotopic (exact) mass is 295 g/mol. The largest absolute Gasteiger partial charge is 0.490 e. The highest BCUT2D eigenvalue weighted by atomic mass is 16.6. The van der Waals surface area contributed by atoms with E-state index in [0.717, 1.165) is 16.9 Å². The smallest absolute Gasteiger partial charge is 0.338 e. The van der Waals surface area contributed by atoms with Crippen LogP contribution in [0.1, 0.15) is 27.0 Å². The number of carbonyl (C=O) groups excluding carboxylic acids is 1. The zero-order valence-electron chi connectivity index (χ0n) is 12.6. The number of carbonyl (C=O) groups is 1. The second-order valence-corrected chi connectivity index (χ2v) is 5.00. The van der Waals surface area contributed by atoms with Gasteiger partial charge in [-0.3, -0.25) is 0 Å². The SMILES string of the molecule is Cc1cc(C)cc(OCCOC(=O)c2ccc(C#N)cc2)c1. The van der Waals surface area contributed by atoms with Crippen molar-refractivity contribution in [2.24, 2.45) is 0 Å². The summed E-state index contributed by atoms with van der Waals surface area (Å²) in [6.07, 6.45) is 0. The number of nitriles is 1. The molecule has 0 radical (unpaired) electrons. The van der Waals surface area contributed by atoms with E-state index in [1.807, 2.05) is 32.0 Å². The van der Waals surface area contributed by atoms with Gasteiger partial charge in [-0.05, 0) is 61.4 Å². The molecule has 0 N–H and O–H groups in total. The van der Waals surface area contributed by atoms with Crippen LogP contribution in [0.4, 0.5) is 0 Å². The number of esters is 1. The molecule has 2 aromatic carbocycles. The lowest BCUT2D eigenvalue weighted by Crippen LogP contribution is -2.12. The molecule has 4 nitrogen and oxygen atoms in total. The molecule has 0 fully saturated rings. The molecule has 0 aliphatic rings. The molecule has 0 aliphatic heterocycles. The molecule has 2 aromatic rings. The average molecular weight is 295 g/mol. The minimum Gasteiger partial charge on any atom is -0.490 e. The summed E-state index contributed by atoms with van der Waals surface area (Å²) in [5.41, 5.74) is 3.19. The number of hydrogen-bond donors (Lipinski definition) is 0. The first-order valence-electron chi connectivity index (χ1n) is 6.97. The van der Waals surface area contributed by atoms with Crippen molar-refractivity contribution in [2.45, 2.75) is 13.8 Å². The summed E-state index contributed by atoms with van der Waals surface area (Å²) in [7, 11) is 0. The van der Waals surface area contributed by atoms with E-state index in [2.05, 4.69) is 6.07 Å². The van der Waals surface area contributed by atoms with Gasteiger partial charge in [0, 0.05) is 0 Å². The molecule has 2 rings (SSSR count). The Kier molecular flexibility index (Phi) is 5.16. The van der Waals surface area contributed by atoms with Crippen LogP contribution >= 0.6 is 0 Å². The highest BCUT2D eigenvalue weighted by molar-refractivity contribution is 5.89. The van der Waals surface area contributed by atoms with Crippen molar-refractivity contribution in [2.75, 3.05) is 13.2 Å². The van der Waals surface area contributed by atoms with Crippen molar-refractivity contribution >= 4 is 5.97 Å². The molecule has 0 spiro atoms. The van der Waals surface area contributed by atoms with Crippen molar-refractivity contribution in [1.82, 2.24) is 0 Å². The van der Waals surface area contributed by atoms with Crippen LogP contribution in [0.2, 0.25) is 0 Å². The highest BCUT2D eigenvalue weighted by Crippen LogP contribution is 2.16. The maximum absolute atomic E-state index is 11.8. The van der Waals surface area contributed by atoms with Crippen molar-refractivity contribution in [3.8, 4) is 11.8 Å². The molecule has 0 heterocycles. The van der Waals surface area contributed by atoms with Gasteiger partial charge in [0.25, 0.3) is 0 Å². The summed E-state index contributed by atoms with van der Waals surface area (Å²) in [5.74, 6) is 0.348. The number of ether oxygens (including phenoxy) is 2. The molecular weight excluding hydrogens is 278 g/mol. The maximum atomic E-state index is 11.8. The van der Waals surface area contributed by atoms with Crippen molar-refractivity contribution in [1.29, 1.82) is 5.26 Å². The molecule has 22 heavy (non-hydrogen) atoms. The second kappa shape index (κ2) is 7.28. The highest BCUT2D eigenvalue weighted by Gasteiger charge is 2.07. The number of benzene rings is 2. The van der Waals surface area contributed by atoms with Gasteiger partial charge in [0.15, 0.2) is 0 Å². The Morgan fingerprint density at radius 1 is 1.05 bits per heavy atom. The van der Waals surface area contributed by atoms with Gasteiger partial charge in [0.1, 0.15) is 19.0 Å². The van der Waals surface area contributed by atoms with Crippen LogP contribution in [-0.2, 0) is 4.74 Å². The van der Waals surface area contributed by atoms with Crippen molar-refractivity contribution in [3.05, 3.63) is 64.7 Å². The maximum Gasteiger partial charge on any atom is 0.338 e. The summed E-state index contributed by atoms with van der Waals surface area (Å²) < 4.78 is 10.7. The summed E-state index contributed by atoms with van der Waals surface area (Å²) in [6.45, 7) is 4.48. The van der Waals surface area contributed by atoms with Gasteiger partial charge < -0.3 is 9.47 Å². The molecule has 0 saturated heterocycles. The Hall–Kier alpha value is -2.80. The zero-order chi connectivity index (χ0) is 15.9. The van der Waals surface area contributed by atoms with Gasteiger partial charge in [0.2, 0.25) is 0 Å². The Balaban J connectivity index is 1.80. The van der Waals surface area contributed by atoms with E-state index in [0.29, 0.717) is 17.7 Å². The fraction of sp³-hybridized carbons (Fsp3) is 0.222. The van der Waals surface area contributed by atoms with Gasteiger partial charge in [-0.1, -0.05) is 6.07 Å². The van der Waals surface area contributed by atoms with E-state index in [9.17, 15) is 4.79 Å². The van der Waals surface area contributed by atoms with Gasteiger partial charge in [0.05, 0.1) is 17.2 Å². The minimum absolute atomic E-state index is 0.172. The summed E-state index contributed by atoms with van der Waals surface area (Å²) in [6, 6.07) is 14.3. The number of aryl methyl sites for hydroxylation is 2. The summed E-state index contributed by atoms with van der Waals surface area (Å²) in [5, 5.41) is 8.70. The molecule has 0 saturated carbocycles. The lowest BCUT2D eigenvalue weighted by molar-refractivity contribution is 0.0450. The molecule has 0 aromatic heterocycles. The molecule has 0 atom stereocenters. The molecule has 4 heteroatoms. The Labute approximate surface area is 129 Å². The molecule has 112 valence electrons. The third-order valence-electron chi connectivity index (χ3n) is 3.03. The molecule has 0 aliphatic carbocycles. The first kappa shape index (κ1) is 15.6. The molecule has 0 amide bonds. The molecule has 0 unspecified atom stereocenters. The summed E-state index contributed by atoms with van der Waals surface area (Å²) in [4.78, 5) is 11.8. The van der Waals surface area contributed by atoms with Crippen LogP contribution < -0.4 is 4.74 Å². The van der Waals surface area contributed by atoms with Crippen LogP contribution in [0, 0.1) is 25.2 Å². The van der Waals surface area contributed by atoms with E-state index in [1.165, 1.54) is 0 Å². The lowest BCUT2D eigenvalue weighted by Gasteiger charge is -2.09. The van der Waals surface area contributed by atoms with E-state index >= 15 is 0 Å². The fourth-order valence-corrected chi connectivity index (χ4v) is 2.07. The topological polar surface area (TPSA) is 59.3 Å². The van der Waals surface area contributed by atoms with Crippen LogP contribution in [-0.4, -0.2) is 19.2 Å². The predicted molar refractivity (Wildman–Crippen MR) is 82.9 cm³/mol. The van der Waals surface area contributed by atoms with Gasteiger partial charge in [-0.25, -0.2) is 4.79 Å². The number of rotatable bonds is 5. The van der Waals surface area contributed by atoms with Crippen LogP contribution in [0.25, 0.3) is 0 Å². The van der Waals surface area contributed by atoms with Crippen LogP contribution in [0.15, 0.2) is 42.5 Å². The standard InChI is InChI=1S/C18H17NO3/c1-13-9-14(2)11-17(10-13)21-7-8-22-18(20)16-5-3-15(12-19)4-6-16/h3-6,9-11H,7-8H2,1-2H3. The van der Waals surface area contributed by atoms with Gasteiger partial charge >= 0.3 is 5.97 Å². The number of nitrogens with zero attached hydrogens (tertiary/aromatic N) is 1. The Bertz CT molecular complexity index is 679. The van der Waals surface area contributed by atoms with E-state index < -0.39 is 5.97 Å². The quantitative estimate of drug-likeness (QED) is 0.626. The number of hydrogen-bond acceptors (Lipinski definition) is 4. The average Bonchev–Trinajstić information content (AvgIpc) is 2.50. The third-order valence-corrected chi connectivity index (χ3v) is 3.03. The fourth-order valence-electron chi connectivity index (χ4n) is 2.07.